The van der Waals surface area contributed by atoms with Crippen LogP contribution in [-0.4, -0.2) is 17.9 Å². The average molecular weight is 282 g/mol. The molecule has 3 nitrogen and oxygen atoms in total. The van der Waals surface area contributed by atoms with Crippen LogP contribution in [0.1, 0.15) is 23.1 Å². The predicted molar refractivity (Wildman–Crippen MR) is 86.8 cm³/mol. The van der Waals surface area contributed by atoms with E-state index in [1.54, 1.807) is 4.90 Å². The number of hydrogen-bond acceptors (Lipinski definition) is 2. The second kappa shape index (κ2) is 6.93. The second-order valence-electron chi connectivity index (χ2n) is 5.48. The van der Waals surface area contributed by atoms with Gasteiger partial charge >= 0.3 is 0 Å². The van der Waals surface area contributed by atoms with Gasteiger partial charge in [0.15, 0.2) is 0 Å². The molecule has 0 unspecified atom stereocenters. The van der Waals surface area contributed by atoms with Gasteiger partial charge in [-0.1, -0.05) is 42.0 Å². The normalized spacial score (nSPS) is 10.4. The van der Waals surface area contributed by atoms with Crippen LogP contribution in [0.25, 0.3) is 0 Å². The fraction of sp³-hybridized carbons (Fsp3) is 0.278. The Labute approximate surface area is 126 Å². The van der Waals surface area contributed by atoms with Gasteiger partial charge in [-0.15, -0.1) is 0 Å². The van der Waals surface area contributed by atoms with Crippen LogP contribution in [0.4, 0.5) is 5.69 Å². The van der Waals surface area contributed by atoms with E-state index in [1.165, 1.54) is 11.1 Å². The van der Waals surface area contributed by atoms with Gasteiger partial charge in [0.05, 0.1) is 0 Å². The zero-order valence-electron chi connectivity index (χ0n) is 12.7. The lowest BCUT2D eigenvalue weighted by Gasteiger charge is -2.17. The maximum atomic E-state index is 12.2. The largest absolute Gasteiger partial charge is 0.399 e. The summed E-state index contributed by atoms with van der Waals surface area (Å²) >= 11 is 0. The molecule has 2 rings (SSSR count). The van der Waals surface area contributed by atoms with Gasteiger partial charge in [0.2, 0.25) is 5.91 Å². The van der Waals surface area contributed by atoms with Crippen molar-refractivity contribution in [3.05, 3.63) is 65.2 Å². The second-order valence-corrected chi connectivity index (χ2v) is 5.48. The summed E-state index contributed by atoms with van der Waals surface area (Å²) in [4.78, 5) is 14.0. The van der Waals surface area contributed by atoms with Crippen molar-refractivity contribution in [1.82, 2.24) is 4.90 Å². The van der Waals surface area contributed by atoms with Crippen LogP contribution in [0, 0.1) is 6.92 Å². The van der Waals surface area contributed by atoms with Gasteiger partial charge < -0.3 is 10.6 Å². The zero-order valence-corrected chi connectivity index (χ0v) is 12.7. The Morgan fingerprint density at radius 1 is 1.10 bits per heavy atom. The van der Waals surface area contributed by atoms with Crippen LogP contribution in [0.15, 0.2) is 48.5 Å². The van der Waals surface area contributed by atoms with Crippen molar-refractivity contribution in [2.45, 2.75) is 26.3 Å². The quantitative estimate of drug-likeness (QED) is 0.856. The Morgan fingerprint density at radius 2 is 1.81 bits per heavy atom. The van der Waals surface area contributed by atoms with Gasteiger partial charge in [-0.2, -0.15) is 0 Å². The number of carbonyl (C=O) groups is 1. The summed E-state index contributed by atoms with van der Waals surface area (Å²) in [5.41, 5.74) is 9.93. The molecule has 0 atom stereocenters. The van der Waals surface area contributed by atoms with Crippen molar-refractivity contribution < 1.29 is 4.79 Å². The van der Waals surface area contributed by atoms with E-state index in [4.69, 9.17) is 5.73 Å². The summed E-state index contributed by atoms with van der Waals surface area (Å²) < 4.78 is 0. The fourth-order valence-electron chi connectivity index (χ4n) is 2.30. The molecule has 2 aromatic carbocycles. The number of rotatable bonds is 5. The summed E-state index contributed by atoms with van der Waals surface area (Å²) in [5.74, 6) is 0.160. The molecule has 0 aliphatic carbocycles. The Morgan fingerprint density at radius 3 is 2.48 bits per heavy atom. The van der Waals surface area contributed by atoms with Crippen LogP contribution >= 0.6 is 0 Å². The summed E-state index contributed by atoms with van der Waals surface area (Å²) in [5, 5.41) is 0. The molecule has 2 N–H and O–H groups in total. The average Bonchev–Trinajstić information content (AvgIpc) is 2.46. The Hall–Kier alpha value is -2.29. The minimum Gasteiger partial charge on any atom is -0.399 e. The van der Waals surface area contributed by atoms with Crippen LogP contribution in [0.5, 0.6) is 0 Å². The first-order valence-corrected chi connectivity index (χ1v) is 7.18. The monoisotopic (exact) mass is 282 g/mol. The number of aryl methyl sites for hydroxylation is 2. The molecule has 0 aromatic heterocycles. The number of nitrogens with zero attached hydrogens (tertiary/aromatic N) is 1. The first-order valence-electron chi connectivity index (χ1n) is 7.18. The molecule has 0 aliphatic heterocycles. The molecular weight excluding hydrogens is 260 g/mol. The number of nitrogens with two attached hydrogens (primary N) is 1. The Balaban J connectivity index is 1.86. The molecule has 21 heavy (non-hydrogen) atoms. The van der Waals surface area contributed by atoms with Crippen LogP contribution in [0.2, 0.25) is 0 Å². The van der Waals surface area contributed by atoms with E-state index in [9.17, 15) is 4.79 Å². The zero-order chi connectivity index (χ0) is 15.2. The standard InChI is InChI=1S/C18H22N2O/c1-14-4-3-5-16(12-14)13-20(2)18(21)11-8-15-6-9-17(19)10-7-15/h3-7,9-10,12H,8,11,13,19H2,1-2H3. The number of amides is 1. The molecule has 0 radical (unpaired) electrons. The predicted octanol–water partition coefficient (Wildman–Crippen LogP) is 3.17. The number of nitrogen functional groups attached to an aromatic ring is 1. The van der Waals surface area contributed by atoms with Crippen molar-refractivity contribution in [3.8, 4) is 0 Å². The molecular formula is C18H22N2O. The van der Waals surface area contributed by atoms with Gasteiger partial charge in [0, 0.05) is 25.7 Å². The number of hydrogen-bond donors (Lipinski definition) is 1. The lowest BCUT2D eigenvalue weighted by molar-refractivity contribution is -0.130. The van der Waals surface area contributed by atoms with Crippen molar-refractivity contribution in [2.24, 2.45) is 0 Å². The van der Waals surface area contributed by atoms with Crippen molar-refractivity contribution in [1.29, 1.82) is 0 Å². The van der Waals surface area contributed by atoms with E-state index >= 15 is 0 Å². The van der Waals surface area contributed by atoms with Gasteiger partial charge in [0.25, 0.3) is 0 Å². The first kappa shape index (κ1) is 15.1. The lowest BCUT2D eigenvalue weighted by atomic mass is 10.1. The van der Waals surface area contributed by atoms with Crippen LogP contribution in [0.3, 0.4) is 0 Å². The van der Waals surface area contributed by atoms with Crippen molar-refractivity contribution in [2.75, 3.05) is 12.8 Å². The van der Waals surface area contributed by atoms with Crippen LogP contribution in [-0.2, 0) is 17.8 Å². The van der Waals surface area contributed by atoms with Gasteiger partial charge in [-0.05, 0) is 36.6 Å². The highest BCUT2D eigenvalue weighted by Gasteiger charge is 2.09. The van der Waals surface area contributed by atoms with Crippen molar-refractivity contribution in [3.63, 3.8) is 0 Å². The summed E-state index contributed by atoms with van der Waals surface area (Å²) in [6.45, 7) is 2.72. The molecule has 0 bridgehead atoms. The smallest absolute Gasteiger partial charge is 0.222 e. The Bertz CT molecular complexity index is 605. The third-order valence-electron chi connectivity index (χ3n) is 3.54. The molecule has 1 amide bonds. The molecule has 0 fully saturated rings. The molecule has 0 heterocycles. The maximum Gasteiger partial charge on any atom is 0.222 e. The molecule has 110 valence electrons. The van der Waals surface area contributed by atoms with E-state index in [-0.39, 0.29) is 5.91 Å². The summed E-state index contributed by atoms with van der Waals surface area (Å²) in [7, 11) is 1.85. The topological polar surface area (TPSA) is 46.3 Å². The maximum absolute atomic E-state index is 12.2. The SMILES string of the molecule is Cc1cccc(CN(C)C(=O)CCc2ccc(N)cc2)c1. The third kappa shape index (κ3) is 4.63. The third-order valence-corrected chi connectivity index (χ3v) is 3.54. The highest BCUT2D eigenvalue weighted by Crippen LogP contribution is 2.10. The number of benzene rings is 2. The highest BCUT2D eigenvalue weighted by molar-refractivity contribution is 5.76. The van der Waals surface area contributed by atoms with Gasteiger partial charge in [-0.3, -0.25) is 4.79 Å². The molecule has 0 saturated heterocycles. The molecule has 0 saturated carbocycles. The lowest BCUT2D eigenvalue weighted by Crippen LogP contribution is -2.26. The molecule has 3 heteroatoms. The van der Waals surface area contributed by atoms with E-state index < -0.39 is 0 Å². The summed E-state index contributed by atoms with van der Waals surface area (Å²) in [6.07, 6.45) is 1.27. The molecule has 0 spiro atoms. The summed E-state index contributed by atoms with van der Waals surface area (Å²) in [6, 6.07) is 15.9. The minimum absolute atomic E-state index is 0.160. The molecule has 2 aromatic rings. The minimum atomic E-state index is 0.160. The highest BCUT2D eigenvalue weighted by atomic mass is 16.2. The molecule has 0 aliphatic rings. The Kier molecular flexibility index (Phi) is 4.99. The number of carbonyl (C=O) groups excluding carboxylic acids is 1. The fourth-order valence-corrected chi connectivity index (χ4v) is 2.30. The van der Waals surface area contributed by atoms with Gasteiger partial charge in [-0.25, -0.2) is 0 Å². The van der Waals surface area contributed by atoms with Gasteiger partial charge in [0.1, 0.15) is 0 Å². The number of anilines is 1. The van der Waals surface area contributed by atoms with E-state index in [1.807, 2.05) is 37.4 Å². The van der Waals surface area contributed by atoms with E-state index in [0.29, 0.717) is 13.0 Å². The first-order chi connectivity index (χ1) is 10.0. The van der Waals surface area contributed by atoms with Crippen molar-refractivity contribution >= 4 is 11.6 Å². The van der Waals surface area contributed by atoms with Crippen LogP contribution < -0.4 is 5.73 Å². The van der Waals surface area contributed by atoms with E-state index in [2.05, 4.69) is 25.1 Å². The van der Waals surface area contributed by atoms with E-state index in [0.717, 1.165) is 17.7 Å².